The van der Waals surface area contributed by atoms with E-state index in [9.17, 15) is 18.0 Å². The smallest absolute Gasteiger partial charge is 0.449 e. The molecular weight excluding hydrogens is 395 g/mol. The highest BCUT2D eigenvalue weighted by Crippen LogP contribution is 2.37. The van der Waals surface area contributed by atoms with Gasteiger partial charge in [0.2, 0.25) is 11.7 Å². The second-order valence-electron chi connectivity index (χ2n) is 6.21. The number of thiophene rings is 1. The highest BCUT2D eigenvalue weighted by atomic mass is 32.1. The molecular formula is C18H16F3N3O3S. The van der Waals surface area contributed by atoms with Gasteiger partial charge >= 0.3 is 6.18 Å². The van der Waals surface area contributed by atoms with Crippen molar-refractivity contribution in [1.29, 1.82) is 0 Å². The minimum absolute atomic E-state index is 0.0997. The molecule has 0 saturated carbocycles. The van der Waals surface area contributed by atoms with Gasteiger partial charge in [0, 0.05) is 23.4 Å². The number of nitrogens with one attached hydrogen (secondary N) is 1. The lowest BCUT2D eigenvalue weighted by Crippen LogP contribution is -2.28. The highest BCUT2D eigenvalue weighted by Gasteiger charge is 2.38. The van der Waals surface area contributed by atoms with Gasteiger partial charge in [0.1, 0.15) is 6.54 Å². The quantitative estimate of drug-likeness (QED) is 0.713. The van der Waals surface area contributed by atoms with E-state index in [2.05, 4.69) is 10.3 Å². The summed E-state index contributed by atoms with van der Waals surface area (Å²) in [7, 11) is 0. The number of carbonyl (C=O) groups excluding carboxylic acids is 1. The summed E-state index contributed by atoms with van der Waals surface area (Å²) < 4.78 is 52.5. The molecule has 148 valence electrons. The zero-order valence-electron chi connectivity index (χ0n) is 14.6. The molecule has 0 atom stereocenters. The number of hydrogen-bond acceptors (Lipinski definition) is 5. The average Bonchev–Trinajstić information content (AvgIpc) is 3.21. The van der Waals surface area contributed by atoms with E-state index in [-0.39, 0.29) is 17.6 Å². The number of imidazole rings is 1. The van der Waals surface area contributed by atoms with Crippen LogP contribution in [-0.4, -0.2) is 28.7 Å². The van der Waals surface area contributed by atoms with Gasteiger partial charge in [-0.05, 0) is 11.4 Å². The van der Waals surface area contributed by atoms with Crippen molar-refractivity contribution in [2.45, 2.75) is 25.7 Å². The number of hydrogen-bond donors (Lipinski definition) is 1. The number of fused-ring (bicyclic) bond motifs is 2. The van der Waals surface area contributed by atoms with Crippen LogP contribution in [0.25, 0.3) is 11.0 Å². The average molecular weight is 411 g/mol. The van der Waals surface area contributed by atoms with Gasteiger partial charge in [-0.15, -0.1) is 11.3 Å². The number of rotatable bonds is 4. The molecule has 1 amide bonds. The minimum atomic E-state index is -4.70. The van der Waals surface area contributed by atoms with E-state index in [0.29, 0.717) is 31.1 Å². The number of aromatic nitrogens is 2. The number of nitrogens with zero attached hydrogens (tertiary/aromatic N) is 2. The van der Waals surface area contributed by atoms with E-state index < -0.39 is 24.5 Å². The van der Waals surface area contributed by atoms with Crippen LogP contribution in [0, 0.1) is 0 Å². The van der Waals surface area contributed by atoms with Crippen LogP contribution in [0.2, 0.25) is 0 Å². The molecule has 10 heteroatoms. The van der Waals surface area contributed by atoms with Crippen molar-refractivity contribution < 1.29 is 27.4 Å². The molecule has 0 radical (unpaired) electrons. The van der Waals surface area contributed by atoms with Crippen molar-refractivity contribution in [3.63, 3.8) is 0 Å². The summed E-state index contributed by atoms with van der Waals surface area (Å²) in [5.41, 5.74) is 0.269. The zero-order chi connectivity index (χ0) is 19.7. The Bertz CT molecular complexity index is 999. The molecule has 1 aromatic carbocycles. The molecule has 28 heavy (non-hydrogen) atoms. The first-order valence-corrected chi connectivity index (χ1v) is 9.46. The fourth-order valence-electron chi connectivity index (χ4n) is 2.96. The molecule has 2 aromatic heterocycles. The lowest BCUT2D eigenvalue weighted by Gasteiger charge is -2.12. The van der Waals surface area contributed by atoms with Crippen molar-refractivity contribution in [2.24, 2.45) is 0 Å². The van der Waals surface area contributed by atoms with Crippen molar-refractivity contribution in [1.82, 2.24) is 14.9 Å². The van der Waals surface area contributed by atoms with Gasteiger partial charge in [-0.3, -0.25) is 4.79 Å². The van der Waals surface area contributed by atoms with E-state index in [1.54, 1.807) is 0 Å². The molecule has 0 fully saturated rings. The topological polar surface area (TPSA) is 65.4 Å². The van der Waals surface area contributed by atoms with Crippen molar-refractivity contribution in [2.75, 3.05) is 13.2 Å². The van der Waals surface area contributed by atoms with E-state index in [1.165, 1.54) is 23.5 Å². The fraction of sp³-hybridized carbons (Fsp3) is 0.333. The first kappa shape index (κ1) is 18.6. The first-order valence-electron chi connectivity index (χ1n) is 8.58. The second-order valence-corrected chi connectivity index (χ2v) is 7.25. The second kappa shape index (κ2) is 7.34. The molecule has 0 bridgehead atoms. The highest BCUT2D eigenvalue weighted by molar-refractivity contribution is 7.09. The van der Waals surface area contributed by atoms with Crippen molar-refractivity contribution in [3.8, 4) is 11.5 Å². The lowest BCUT2D eigenvalue weighted by atomic mass is 10.2. The molecule has 6 nitrogen and oxygen atoms in total. The Morgan fingerprint density at radius 3 is 2.68 bits per heavy atom. The maximum Gasteiger partial charge on any atom is 0.449 e. The summed E-state index contributed by atoms with van der Waals surface area (Å²) in [6, 6.07) is 6.55. The molecule has 4 rings (SSSR count). The van der Waals surface area contributed by atoms with Crippen LogP contribution in [-0.2, 0) is 24.1 Å². The minimum Gasteiger partial charge on any atom is -0.489 e. The Labute approximate surface area is 161 Å². The Hall–Kier alpha value is -2.75. The van der Waals surface area contributed by atoms with E-state index >= 15 is 0 Å². The third-order valence-electron chi connectivity index (χ3n) is 4.21. The monoisotopic (exact) mass is 411 g/mol. The van der Waals surface area contributed by atoms with Gasteiger partial charge < -0.3 is 19.4 Å². The van der Waals surface area contributed by atoms with Crippen LogP contribution in [0.4, 0.5) is 13.2 Å². The fourth-order valence-corrected chi connectivity index (χ4v) is 3.60. The van der Waals surface area contributed by atoms with Crippen molar-refractivity contribution >= 4 is 28.3 Å². The third kappa shape index (κ3) is 3.77. The molecule has 1 aliphatic rings. The SMILES string of the molecule is O=C(Cn1c(C(F)(F)F)nc2cc3c(cc21)OCCCO3)NCc1cccs1. The van der Waals surface area contributed by atoms with Crippen LogP contribution < -0.4 is 14.8 Å². The molecule has 0 spiro atoms. The van der Waals surface area contributed by atoms with Crippen LogP contribution in [0.3, 0.4) is 0 Å². The number of ether oxygens (including phenoxy) is 2. The van der Waals surface area contributed by atoms with Gasteiger partial charge in [0.05, 0.1) is 30.8 Å². The standard InChI is InChI=1S/C18H16F3N3O3S/c19-18(20,21)17-23-12-7-14-15(27-5-2-4-26-14)8-13(12)24(17)10-16(25)22-9-11-3-1-6-28-11/h1,3,6-8H,2,4-5,9-10H2,(H,22,25). The number of alkyl halides is 3. The molecule has 1 N–H and O–H groups in total. The largest absolute Gasteiger partial charge is 0.489 e. The number of amides is 1. The maximum absolute atomic E-state index is 13.5. The Balaban J connectivity index is 1.67. The van der Waals surface area contributed by atoms with Gasteiger partial charge in [-0.2, -0.15) is 13.2 Å². The predicted molar refractivity (Wildman–Crippen MR) is 96.5 cm³/mol. The third-order valence-corrected chi connectivity index (χ3v) is 5.09. The van der Waals surface area contributed by atoms with E-state index in [4.69, 9.17) is 9.47 Å². The van der Waals surface area contributed by atoms with Crippen LogP contribution in [0.15, 0.2) is 29.6 Å². The summed E-state index contributed by atoms with van der Waals surface area (Å²) in [4.78, 5) is 16.9. The maximum atomic E-state index is 13.5. The Morgan fingerprint density at radius 2 is 2.00 bits per heavy atom. The predicted octanol–water partition coefficient (Wildman–Crippen LogP) is 3.59. The Kier molecular flexibility index (Phi) is 4.88. The molecule has 3 heterocycles. The van der Waals surface area contributed by atoms with Gasteiger partial charge in [0.15, 0.2) is 11.5 Å². The number of halogens is 3. The molecule has 0 unspecified atom stereocenters. The first-order chi connectivity index (χ1) is 13.4. The Morgan fingerprint density at radius 1 is 1.25 bits per heavy atom. The van der Waals surface area contributed by atoms with Crippen LogP contribution >= 0.6 is 11.3 Å². The van der Waals surface area contributed by atoms with Crippen LogP contribution in [0.5, 0.6) is 11.5 Å². The van der Waals surface area contributed by atoms with Gasteiger partial charge in [-0.1, -0.05) is 6.07 Å². The van der Waals surface area contributed by atoms with E-state index in [0.717, 1.165) is 9.44 Å². The molecule has 0 aliphatic carbocycles. The summed E-state index contributed by atoms with van der Waals surface area (Å²) in [5.74, 6) is -0.969. The summed E-state index contributed by atoms with van der Waals surface area (Å²) in [6.07, 6.45) is -4.03. The van der Waals surface area contributed by atoms with Crippen LogP contribution in [0.1, 0.15) is 17.1 Å². The van der Waals surface area contributed by atoms with E-state index in [1.807, 2.05) is 17.5 Å². The number of carbonyl (C=O) groups is 1. The molecule has 3 aromatic rings. The summed E-state index contributed by atoms with van der Waals surface area (Å²) >= 11 is 1.46. The van der Waals surface area contributed by atoms with Crippen molar-refractivity contribution in [3.05, 3.63) is 40.3 Å². The summed E-state index contributed by atoms with van der Waals surface area (Å²) in [6.45, 7) is 0.573. The molecule has 1 aliphatic heterocycles. The molecule has 0 saturated heterocycles. The summed E-state index contributed by atoms with van der Waals surface area (Å²) in [5, 5.41) is 4.50. The lowest BCUT2D eigenvalue weighted by molar-refractivity contribution is -0.147. The zero-order valence-corrected chi connectivity index (χ0v) is 15.4. The number of benzene rings is 1. The normalized spacial score (nSPS) is 14.1. The van der Waals surface area contributed by atoms with Gasteiger partial charge in [0.25, 0.3) is 0 Å². The van der Waals surface area contributed by atoms with Gasteiger partial charge in [-0.25, -0.2) is 4.98 Å².